The van der Waals surface area contributed by atoms with E-state index >= 15 is 0 Å². The molecule has 1 saturated heterocycles. The molecule has 1 atom stereocenters. The van der Waals surface area contributed by atoms with Crippen LogP contribution in [0.4, 0.5) is 0 Å². The van der Waals surface area contributed by atoms with Gasteiger partial charge in [-0.3, -0.25) is 14.5 Å². The van der Waals surface area contributed by atoms with Gasteiger partial charge < -0.3 is 10.6 Å². The number of rotatable bonds is 4. The molecular weight excluding hydrogens is 314 g/mol. The second-order valence-corrected chi connectivity index (χ2v) is 7.68. The van der Waals surface area contributed by atoms with E-state index in [-0.39, 0.29) is 29.7 Å². The van der Waals surface area contributed by atoms with Crippen LogP contribution in [0.15, 0.2) is 24.3 Å². The van der Waals surface area contributed by atoms with Crippen LogP contribution in [0.2, 0.25) is 0 Å². The molecule has 2 aliphatic heterocycles. The third-order valence-electron chi connectivity index (χ3n) is 5.65. The van der Waals surface area contributed by atoms with Gasteiger partial charge in [-0.25, -0.2) is 0 Å². The van der Waals surface area contributed by atoms with Crippen molar-refractivity contribution in [1.29, 1.82) is 0 Å². The molecule has 2 aliphatic rings. The molecule has 5 nitrogen and oxygen atoms in total. The highest BCUT2D eigenvalue weighted by Crippen LogP contribution is 2.26. The molecule has 2 N–H and O–H groups in total. The summed E-state index contributed by atoms with van der Waals surface area (Å²) in [4.78, 5) is 28.8. The van der Waals surface area contributed by atoms with Gasteiger partial charge in [0.05, 0.1) is 6.04 Å². The maximum Gasteiger partial charge on any atom is 0.240 e. The Kier molecular flexibility index (Phi) is 5.42. The summed E-state index contributed by atoms with van der Waals surface area (Å²) in [7, 11) is 0. The number of likely N-dealkylation sites (tertiary alicyclic amines) is 1. The number of primary amides is 1. The van der Waals surface area contributed by atoms with Gasteiger partial charge in [0.15, 0.2) is 0 Å². The van der Waals surface area contributed by atoms with Crippen molar-refractivity contribution in [1.82, 2.24) is 9.80 Å². The molecular formula is C20H29N3O2. The molecule has 0 spiro atoms. The number of fused-ring (bicyclic) bond motifs is 1. The summed E-state index contributed by atoms with van der Waals surface area (Å²) >= 11 is 0. The summed E-state index contributed by atoms with van der Waals surface area (Å²) in [6.07, 6.45) is 2.37. The van der Waals surface area contributed by atoms with E-state index in [2.05, 4.69) is 43.0 Å². The molecule has 25 heavy (non-hydrogen) atoms. The van der Waals surface area contributed by atoms with Crippen molar-refractivity contribution in [2.24, 2.45) is 17.6 Å². The van der Waals surface area contributed by atoms with Gasteiger partial charge in [-0.15, -0.1) is 0 Å². The molecule has 1 fully saturated rings. The van der Waals surface area contributed by atoms with E-state index in [0.29, 0.717) is 25.9 Å². The average molecular weight is 343 g/mol. The lowest BCUT2D eigenvalue weighted by atomic mass is 9.92. The number of nitrogens with zero attached hydrogens (tertiary/aromatic N) is 2. The highest BCUT2D eigenvalue weighted by molar-refractivity contribution is 5.83. The molecule has 2 heterocycles. The molecule has 0 unspecified atom stereocenters. The fourth-order valence-electron chi connectivity index (χ4n) is 4.19. The van der Waals surface area contributed by atoms with Crippen LogP contribution in [-0.2, 0) is 22.6 Å². The normalized spacial score (nSPS) is 20.4. The van der Waals surface area contributed by atoms with E-state index in [9.17, 15) is 9.59 Å². The lowest BCUT2D eigenvalue weighted by Gasteiger charge is -2.41. The van der Waals surface area contributed by atoms with Crippen LogP contribution in [0.1, 0.15) is 37.8 Å². The number of amides is 2. The van der Waals surface area contributed by atoms with E-state index < -0.39 is 0 Å². The molecule has 0 radical (unpaired) electrons. The van der Waals surface area contributed by atoms with E-state index in [4.69, 9.17) is 5.73 Å². The first kappa shape index (κ1) is 17.9. The van der Waals surface area contributed by atoms with Gasteiger partial charge in [-0.05, 0) is 36.3 Å². The van der Waals surface area contributed by atoms with Crippen molar-refractivity contribution in [3.63, 3.8) is 0 Å². The molecule has 0 aromatic heterocycles. The van der Waals surface area contributed by atoms with Gasteiger partial charge in [-0.1, -0.05) is 38.1 Å². The number of carbonyl (C=O) groups excluding carboxylic acids is 2. The third-order valence-corrected chi connectivity index (χ3v) is 5.65. The zero-order valence-corrected chi connectivity index (χ0v) is 15.3. The van der Waals surface area contributed by atoms with Crippen LogP contribution in [-0.4, -0.2) is 47.3 Å². The smallest absolute Gasteiger partial charge is 0.240 e. The van der Waals surface area contributed by atoms with Gasteiger partial charge in [0.1, 0.15) is 0 Å². The summed E-state index contributed by atoms with van der Waals surface area (Å²) < 4.78 is 0. The molecule has 1 aromatic carbocycles. The summed E-state index contributed by atoms with van der Waals surface area (Å²) in [6, 6.07) is 8.42. The fraction of sp³-hybridized carbons (Fsp3) is 0.600. The molecule has 3 rings (SSSR count). The maximum atomic E-state index is 13.2. The Morgan fingerprint density at radius 2 is 1.72 bits per heavy atom. The van der Waals surface area contributed by atoms with Crippen LogP contribution < -0.4 is 5.73 Å². The number of nitrogens with two attached hydrogens (primary N) is 1. The van der Waals surface area contributed by atoms with Crippen LogP contribution >= 0.6 is 0 Å². The second-order valence-electron chi connectivity index (χ2n) is 7.68. The number of carbonyl (C=O) groups is 2. The Labute approximate surface area is 150 Å². The predicted octanol–water partition coefficient (Wildman–Crippen LogP) is 1.79. The molecule has 0 saturated carbocycles. The Morgan fingerprint density at radius 1 is 1.08 bits per heavy atom. The molecule has 2 amide bonds. The van der Waals surface area contributed by atoms with E-state index in [0.717, 1.165) is 19.5 Å². The predicted molar refractivity (Wildman–Crippen MR) is 97.7 cm³/mol. The van der Waals surface area contributed by atoms with E-state index in [1.54, 1.807) is 0 Å². The van der Waals surface area contributed by atoms with Crippen LogP contribution in [0.3, 0.4) is 0 Å². The summed E-state index contributed by atoms with van der Waals surface area (Å²) in [5.41, 5.74) is 8.14. The Morgan fingerprint density at radius 3 is 2.32 bits per heavy atom. The van der Waals surface area contributed by atoms with E-state index in [1.165, 1.54) is 11.1 Å². The lowest BCUT2D eigenvalue weighted by molar-refractivity contribution is -0.142. The number of piperidine rings is 1. The van der Waals surface area contributed by atoms with Gasteiger partial charge in [-0.2, -0.15) is 0 Å². The van der Waals surface area contributed by atoms with Crippen LogP contribution in [0.25, 0.3) is 0 Å². The molecule has 136 valence electrons. The van der Waals surface area contributed by atoms with Crippen molar-refractivity contribution in [2.75, 3.05) is 19.6 Å². The average Bonchev–Trinajstić information content (AvgIpc) is 2.61. The fourth-order valence-corrected chi connectivity index (χ4v) is 4.19. The first-order valence-corrected chi connectivity index (χ1v) is 9.36. The highest BCUT2D eigenvalue weighted by atomic mass is 16.2. The third kappa shape index (κ3) is 3.87. The maximum absolute atomic E-state index is 13.2. The standard InChI is InChI=1S/C20H29N3O2/c1-14(2)18(20(25)22-10-8-16(9-11-22)19(21)24)23-12-7-15-5-3-4-6-17(15)13-23/h3-6,14,16,18H,7-13H2,1-2H3,(H2,21,24)/t18-/m1/s1. The van der Waals surface area contributed by atoms with Gasteiger partial charge in [0.25, 0.3) is 0 Å². The van der Waals surface area contributed by atoms with Crippen molar-refractivity contribution >= 4 is 11.8 Å². The topological polar surface area (TPSA) is 66.6 Å². The number of benzene rings is 1. The van der Waals surface area contributed by atoms with Crippen molar-refractivity contribution in [3.8, 4) is 0 Å². The SMILES string of the molecule is CC(C)[C@H](C(=O)N1CCC(C(N)=O)CC1)N1CCc2ccccc2C1. The minimum absolute atomic E-state index is 0.0802. The highest BCUT2D eigenvalue weighted by Gasteiger charge is 2.36. The van der Waals surface area contributed by atoms with Crippen LogP contribution in [0, 0.1) is 11.8 Å². The molecule has 1 aromatic rings. The van der Waals surface area contributed by atoms with Crippen LogP contribution in [0.5, 0.6) is 0 Å². The lowest BCUT2D eigenvalue weighted by Crippen LogP contribution is -2.54. The zero-order chi connectivity index (χ0) is 18.0. The molecule has 0 aliphatic carbocycles. The van der Waals surface area contributed by atoms with Crippen molar-refractivity contribution in [3.05, 3.63) is 35.4 Å². The largest absolute Gasteiger partial charge is 0.369 e. The van der Waals surface area contributed by atoms with Crippen molar-refractivity contribution < 1.29 is 9.59 Å². The summed E-state index contributed by atoms with van der Waals surface area (Å²) in [6.45, 7) is 7.28. The van der Waals surface area contributed by atoms with E-state index in [1.807, 2.05) is 4.90 Å². The minimum atomic E-state index is -0.236. The summed E-state index contributed by atoms with van der Waals surface area (Å²) in [5.74, 6) is 0.146. The monoisotopic (exact) mass is 343 g/mol. The molecule has 5 heteroatoms. The van der Waals surface area contributed by atoms with Crippen molar-refractivity contribution in [2.45, 2.75) is 45.7 Å². The Bertz CT molecular complexity index is 636. The second kappa shape index (κ2) is 7.56. The van der Waals surface area contributed by atoms with Gasteiger partial charge >= 0.3 is 0 Å². The van der Waals surface area contributed by atoms with Gasteiger partial charge in [0.2, 0.25) is 11.8 Å². The molecule has 0 bridgehead atoms. The van der Waals surface area contributed by atoms with Gasteiger partial charge in [0, 0.05) is 32.1 Å². The quantitative estimate of drug-likeness (QED) is 0.906. The zero-order valence-electron chi connectivity index (χ0n) is 15.3. The number of hydrogen-bond donors (Lipinski definition) is 1. The Balaban J connectivity index is 1.69. The first-order valence-electron chi connectivity index (χ1n) is 9.36. The first-order chi connectivity index (χ1) is 12.0. The minimum Gasteiger partial charge on any atom is -0.369 e. The summed E-state index contributed by atoms with van der Waals surface area (Å²) in [5, 5.41) is 0. The Hall–Kier alpha value is -1.88. The number of hydrogen-bond acceptors (Lipinski definition) is 3.